The van der Waals surface area contributed by atoms with Gasteiger partial charge in [-0.1, -0.05) is 25.5 Å². The molecule has 0 bridgehead atoms. The minimum Gasteiger partial charge on any atom is -0.316 e. The number of hydrogen-bond donors (Lipinski definition) is 1. The molecule has 0 aromatic heterocycles. The van der Waals surface area contributed by atoms with Crippen LogP contribution in [0.15, 0.2) is 23.1 Å². The molecule has 1 atom stereocenters. The van der Waals surface area contributed by atoms with Crippen molar-refractivity contribution in [1.82, 2.24) is 5.32 Å². The Morgan fingerprint density at radius 2 is 2.09 bits per heavy atom. The Hall–Kier alpha value is -1.20. The zero-order valence-electron chi connectivity index (χ0n) is 13.6. The number of aryl methyl sites for hydroxylation is 1. The molecular formula is C17H25NO3S. The third-order valence-electron chi connectivity index (χ3n) is 3.96. The Kier molecular flexibility index (Phi) is 5.40. The number of benzene rings is 1. The Morgan fingerprint density at radius 1 is 1.36 bits per heavy atom. The number of piperidine rings is 1. The molecule has 1 aliphatic heterocycles. The van der Waals surface area contributed by atoms with Crippen LogP contribution in [0.25, 0.3) is 0 Å². The first-order chi connectivity index (χ1) is 10.3. The third-order valence-corrected chi connectivity index (χ3v) is 6.09. The highest BCUT2D eigenvalue weighted by Crippen LogP contribution is 2.25. The predicted molar refractivity (Wildman–Crippen MR) is 88.0 cm³/mol. The van der Waals surface area contributed by atoms with Gasteiger partial charge in [0.15, 0.2) is 15.6 Å². The zero-order valence-corrected chi connectivity index (χ0v) is 14.4. The molecular weight excluding hydrogens is 298 g/mol. The molecule has 1 N–H and O–H groups in total. The fraction of sp³-hybridized carbons (Fsp3) is 0.588. The van der Waals surface area contributed by atoms with Crippen LogP contribution in [0.1, 0.15) is 42.6 Å². The van der Waals surface area contributed by atoms with Crippen molar-refractivity contribution in [2.75, 3.05) is 18.8 Å². The van der Waals surface area contributed by atoms with E-state index in [1.54, 1.807) is 18.2 Å². The Balaban J connectivity index is 2.41. The molecule has 1 heterocycles. The van der Waals surface area contributed by atoms with Crippen molar-refractivity contribution in [3.63, 3.8) is 0 Å². The van der Waals surface area contributed by atoms with Gasteiger partial charge in [0.1, 0.15) is 0 Å². The molecule has 1 saturated heterocycles. The third kappa shape index (κ3) is 3.96. The van der Waals surface area contributed by atoms with E-state index in [9.17, 15) is 13.2 Å². The fourth-order valence-electron chi connectivity index (χ4n) is 2.93. The molecule has 0 amide bonds. The van der Waals surface area contributed by atoms with Crippen molar-refractivity contribution in [2.24, 2.45) is 11.8 Å². The number of rotatable bonds is 5. The first-order valence-corrected chi connectivity index (χ1v) is 9.55. The number of nitrogens with one attached hydrogen (secondary N) is 1. The van der Waals surface area contributed by atoms with Gasteiger partial charge in [0.05, 0.1) is 10.6 Å². The summed E-state index contributed by atoms with van der Waals surface area (Å²) in [5.74, 6) is -0.0633. The summed E-state index contributed by atoms with van der Waals surface area (Å²) in [5, 5.41) is 3.22. The van der Waals surface area contributed by atoms with Gasteiger partial charge in [-0.25, -0.2) is 8.42 Å². The van der Waals surface area contributed by atoms with Gasteiger partial charge in [-0.05, 0) is 44.4 Å². The van der Waals surface area contributed by atoms with Crippen LogP contribution in [0, 0.1) is 18.8 Å². The molecule has 22 heavy (non-hydrogen) atoms. The van der Waals surface area contributed by atoms with Gasteiger partial charge in [0, 0.05) is 18.0 Å². The minimum absolute atomic E-state index is 0.0330. The predicted octanol–water partition coefficient (Wildman–Crippen LogP) is 2.61. The van der Waals surface area contributed by atoms with Gasteiger partial charge in [-0.2, -0.15) is 0 Å². The molecule has 1 fully saturated rings. The fourth-order valence-corrected chi connectivity index (χ4v) is 4.76. The molecule has 0 radical (unpaired) electrons. The monoisotopic (exact) mass is 323 g/mol. The van der Waals surface area contributed by atoms with Crippen molar-refractivity contribution in [3.8, 4) is 0 Å². The SMILES string of the molecule is Cc1ccc(S(=O)(=O)CC(C)C)c(C(=O)C2CCCNC2)c1. The van der Waals surface area contributed by atoms with Crippen LogP contribution in [0.2, 0.25) is 0 Å². The number of hydrogen-bond acceptors (Lipinski definition) is 4. The molecule has 1 unspecified atom stereocenters. The molecule has 1 aliphatic rings. The van der Waals surface area contributed by atoms with Gasteiger partial charge in [-0.3, -0.25) is 4.79 Å². The number of sulfone groups is 1. The molecule has 0 spiro atoms. The minimum atomic E-state index is -3.43. The largest absolute Gasteiger partial charge is 0.316 e. The van der Waals surface area contributed by atoms with Gasteiger partial charge in [-0.15, -0.1) is 0 Å². The number of carbonyl (C=O) groups excluding carboxylic acids is 1. The van der Waals surface area contributed by atoms with E-state index in [1.165, 1.54) is 0 Å². The molecule has 4 nitrogen and oxygen atoms in total. The van der Waals surface area contributed by atoms with Crippen LogP contribution in [0.5, 0.6) is 0 Å². The lowest BCUT2D eigenvalue weighted by Gasteiger charge is -2.23. The lowest BCUT2D eigenvalue weighted by molar-refractivity contribution is 0.0896. The van der Waals surface area contributed by atoms with Crippen LogP contribution in [-0.4, -0.2) is 33.0 Å². The summed E-state index contributed by atoms with van der Waals surface area (Å²) in [4.78, 5) is 13.0. The summed E-state index contributed by atoms with van der Waals surface area (Å²) in [6.45, 7) is 7.19. The average molecular weight is 323 g/mol. The zero-order chi connectivity index (χ0) is 16.3. The Morgan fingerprint density at radius 3 is 2.68 bits per heavy atom. The van der Waals surface area contributed by atoms with E-state index in [0.717, 1.165) is 24.9 Å². The maximum atomic E-state index is 12.8. The van der Waals surface area contributed by atoms with Crippen molar-refractivity contribution in [3.05, 3.63) is 29.3 Å². The Labute approximate surface area is 133 Å². The van der Waals surface area contributed by atoms with E-state index in [2.05, 4.69) is 5.32 Å². The topological polar surface area (TPSA) is 63.2 Å². The lowest BCUT2D eigenvalue weighted by Crippen LogP contribution is -2.35. The maximum absolute atomic E-state index is 12.8. The average Bonchev–Trinajstić information content (AvgIpc) is 2.45. The summed E-state index contributed by atoms with van der Waals surface area (Å²) in [5.41, 5.74) is 1.28. The normalized spacial score (nSPS) is 19.4. The van der Waals surface area contributed by atoms with Crippen LogP contribution in [0.3, 0.4) is 0 Å². The van der Waals surface area contributed by atoms with Crippen molar-refractivity contribution < 1.29 is 13.2 Å². The number of Topliss-reactive ketones (excluding diaryl/α,β-unsaturated/α-hetero) is 1. The summed E-state index contributed by atoms with van der Waals surface area (Å²) < 4.78 is 25.2. The second-order valence-electron chi connectivity index (χ2n) is 6.58. The van der Waals surface area contributed by atoms with Crippen molar-refractivity contribution in [1.29, 1.82) is 0 Å². The molecule has 0 saturated carbocycles. The Bertz CT molecular complexity index is 644. The quantitative estimate of drug-likeness (QED) is 0.846. The summed E-state index contributed by atoms with van der Waals surface area (Å²) >= 11 is 0. The summed E-state index contributed by atoms with van der Waals surface area (Å²) in [6, 6.07) is 5.09. The van der Waals surface area contributed by atoms with E-state index in [0.29, 0.717) is 12.1 Å². The van der Waals surface area contributed by atoms with Crippen LogP contribution < -0.4 is 5.32 Å². The van der Waals surface area contributed by atoms with Crippen molar-refractivity contribution in [2.45, 2.75) is 38.5 Å². The van der Waals surface area contributed by atoms with E-state index < -0.39 is 9.84 Å². The standard InChI is InChI=1S/C17H25NO3S/c1-12(2)11-22(20,21)16-7-6-13(3)9-15(16)17(19)14-5-4-8-18-10-14/h6-7,9,12,14,18H,4-5,8,10-11H2,1-3H3. The van der Waals surface area contributed by atoms with Gasteiger partial charge >= 0.3 is 0 Å². The van der Waals surface area contributed by atoms with Crippen LogP contribution >= 0.6 is 0 Å². The van der Waals surface area contributed by atoms with Crippen LogP contribution in [-0.2, 0) is 9.84 Å². The molecule has 2 rings (SSSR count). The van der Waals surface area contributed by atoms with Gasteiger partial charge in [0.2, 0.25) is 0 Å². The molecule has 1 aromatic carbocycles. The first-order valence-electron chi connectivity index (χ1n) is 7.89. The highest BCUT2D eigenvalue weighted by atomic mass is 32.2. The van der Waals surface area contributed by atoms with E-state index in [4.69, 9.17) is 0 Å². The smallest absolute Gasteiger partial charge is 0.179 e. The van der Waals surface area contributed by atoms with Crippen LogP contribution in [0.4, 0.5) is 0 Å². The second kappa shape index (κ2) is 6.92. The summed E-state index contributed by atoms with van der Waals surface area (Å²) in [6.07, 6.45) is 1.78. The van der Waals surface area contributed by atoms with Gasteiger partial charge in [0.25, 0.3) is 0 Å². The van der Waals surface area contributed by atoms with Gasteiger partial charge < -0.3 is 5.32 Å². The van der Waals surface area contributed by atoms with E-state index in [1.807, 2.05) is 20.8 Å². The van der Waals surface area contributed by atoms with E-state index >= 15 is 0 Å². The first kappa shape index (κ1) is 17.2. The highest BCUT2D eigenvalue weighted by Gasteiger charge is 2.28. The number of ketones is 1. The van der Waals surface area contributed by atoms with Crippen molar-refractivity contribution >= 4 is 15.6 Å². The highest BCUT2D eigenvalue weighted by molar-refractivity contribution is 7.91. The number of carbonyl (C=O) groups is 1. The molecule has 1 aromatic rings. The molecule has 5 heteroatoms. The summed E-state index contributed by atoms with van der Waals surface area (Å²) in [7, 11) is -3.43. The molecule has 122 valence electrons. The maximum Gasteiger partial charge on any atom is 0.179 e. The second-order valence-corrected chi connectivity index (χ2v) is 8.59. The molecule has 0 aliphatic carbocycles. The van der Waals surface area contributed by atoms with E-state index in [-0.39, 0.29) is 28.3 Å². The lowest BCUT2D eigenvalue weighted by atomic mass is 9.90.